The van der Waals surface area contributed by atoms with Crippen LogP contribution in [0.15, 0.2) is 35.5 Å². The number of pyridine rings is 1. The number of carbonyl (C=O) groups excluding carboxylic acids is 2. The molecule has 2 aliphatic rings. The van der Waals surface area contributed by atoms with Crippen LogP contribution in [-0.2, 0) is 23.9 Å². The zero-order valence-corrected chi connectivity index (χ0v) is 27.1. The molecule has 3 N–H and O–H groups in total. The first-order valence-corrected chi connectivity index (χ1v) is 15.7. The van der Waals surface area contributed by atoms with Gasteiger partial charge in [-0.2, -0.15) is 13.2 Å². The Labute approximate surface area is 281 Å². The van der Waals surface area contributed by atoms with Gasteiger partial charge in [-0.15, -0.1) is 0 Å². The molecule has 4 aromatic rings. The van der Waals surface area contributed by atoms with Crippen LogP contribution in [0.3, 0.4) is 0 Å². The summed E-state index contributed by atoms with van der Waals surface area (Å²) >= 11 is 6.09. The fourth-order valence-electron chi connectivity index (χ4n) is 5.90. The summed E-state index contributed by atoms with van der Waals surface area (Å²) in [5, 5.41) is 22.4. The minimum absolute atomic E-state index is 0.0219. The minimum Gasteiger partial charge on any atom is -0.504 e. The van der Waals surface area contributed by atoms with E-state index in [0.717, 1.165) is 18.2 Å². The van der Waals surface area contributed by atoms with Crippen LogP contribution < -0.4 is 20.5 Å². The number of benzene rings is 1. The van der Waals surface area contributed by atoms with Gasteiger partial charge in [-0.1, -0.05) is 18.5 Å². The molecule has 0 spiro atoms. The first kappa shape index (κ1) is 33.9. The third-order valence-electron chi connectivity index (χ3n) is 8.51. The highest BCUT2D eigenvalue weighted by molar-refractivity contribution is 6.33. The Morgan fingerprint density at radius 3 is 2.43 bits per heavy atom. The van der Waals surface area contributed by atoms with Crippen molar-refractivity contribution in [3.8, 4) is 5.75 Å². The third kappa shape index (κ3) is 6.55. The molecule has 3 aromatic heterocycles. The van der Waals surface area contributed by atoms with Gasteiger partial charge in [0.25, 0.3) is 5.91 Å². The van der Waals surface area contributed by atoms with Gasteiger partial charge >= 0.3 is 6.18 Å². The Kier molecular flexibility index (Phi) is 9.06. The van der Waals surface area contributed by atoms with Gasteiger partial charge in [0, 0.05) is 45.0 Å². The normalized spacial score (nSPS) is 15.4. The van der Waals surface area contributed by atoms with Gasteiger partial charge in [0.15, 0.2) is 22.6 Å². The second kappa shape index (κ2) is 13.1. The molecule has 0 bridgehead atoms. The average molecular weight is 702 g/mol. The maximum Gasteiger partial charge on any atom is 0.416 e. The van der Waals surface area contributed by atoms with Gasteiger partial charge in [-0.25, -0.2) is 19.9 Å². The molecule has 2 fully saturated rings. The molecular weight excluding hydrogens is 671 g/mol. The molecule has 18 heteroatoms. The number of aliphatic hydroxyl groups is 1. The summed E-state index contributed by atoms with van der Waals surface area (Å²) < 4.78 is 41.0. The van der Waals surface area contributed by atoms with Crippen LogP contribution in [0.2, 0.25) is 5.02 Å². The Morgan fingerprint density at radius 2 is 1.80 bits per heavy atom. The van der Waals surface area contributed by atoms with Crippen LogP contribution in [0.1, 0.15) is 34.4 Å². The highest BCUT2D eigenvalue weighted by Crippen LogP contribution is 2.34. The summed E-state index contributed by atoms with van der Waals surface area (Å²) in [6, 6.07) is 2.59. The predicted octanol–water partition coefficient (Wildman–Crippen LogP) is 2.61. The van der Waals surface area contributed by atoms with Crippen molar-refractivity contribution in [3.05, 3.63) is 68.6 Å². The average Bonchev–Trinajstić information content (AvgIpc) is 3.05. The molecular formula is C31H31ClF3N9O5. The zero-order chi connectivity index (χ0) is 35.2. The Bertz CT molecular complexity index is 2010. The molecule has 0 atom stereocenters. The van der Waals surface area contributed by atoms with Crippen molar-refractivity contribution in [2.24, 2.45) is 0 Å². The number of aryl methyl sites for hydroxylation is 1. The molecule has 2 amide bonds. The van der Waals surface area contributed by atoms with Crippen molar-refractivity contribution in [2.75, 3.05) is 54.4 Å². The maximum atomic E-state index is 14.2. The molecule has 1 aromatic carbocycles. The van der Waals surface area contributed by atoms with E-state index in [0.29, 0.717) is 24.6 Å². The topological polar surface area (TPSA) is 170 Å². The number of aliphatic hydroxyl groups excluding tert-OH is 1. The van der Waals surface area contributed by atoms with E-state index >= 15 is 0 Å². The lowest BCUT2D eigenvalue weighted by molar-refractivity contribution is -0.137. The van der Waals surface area contributed by atoms with E-state index < -0.39 is 35.1 Å². The number of hydrogen-bond donors (Lipinski definition) is 3. The molecule has 6 rings (SSSR count). The minimum atomic E-state index is -4.62. The molecule has 0 saturated carbocycles. The SMILES string of the molecule is CCc1c(N2CCN(C(=O)c3ncnc(C)c3O)CC2)c(=O)c2nc(N3CC(O)C3)cnc2n1CC(=O)Nc1ccc(C(F)(F)F)cc1Cl. The van der Waals surface area contributed by atoms with Crippen LogP contribution in [0.5, 0.6) is 5.75 Å². The van der Waals surface area contributed by atoms with Gasteiger partial charge in [0.05, 0.1) is 34.3 Å². The monoisotopic (exact) mass is 701 g/mol. The van der Waals surface area contributed by atoms with E-state index in [-0.39, 0.29) is 83.8 Å². The molecule has 0 unspecified atom stereocenters. The van der Waals surface area contributed by atoms with Gasteiger partial charge in [-0.3, -0.25) is 14.4 Å². The van der Waals surface area contributed by atoms with Crippen molar-refractivity contribution in [2.45, 2.75) is 39.1 Å². The maximum absolute atomic E-state index is 14.2. The number of halogens is 4. The van der Waals surface area contributed by atoms with Gasteiger partial charge in [0.1, 0.15) is 24.4 Å². The van der Waals surface area contributed by atoms with Gasteiger partial charge in [0.2, 0.25) is 11.3 Å². The lowest BCUT2D eigenvalue weighted by Crippen LogP contribution is -2.51. The summed E-state index contributed by atoms with van der Waals surface area (Å²) in [5.41, 5.74) is -0.479. The van der Waals surface area contributed by atoms with E-state index in [1.807, 2.05) is 0 Å². The smallest absolute Gasteiger partial charge is 0.416 e. The third-order valence-corrected chi connectivity index (χ3v) is 8.82. The number of β-amino-alcohol motifs (C(OH)–C–C–N with tert-alkyl or cyclic N) is 1. The number of piperazine rings is 1. The number of fused-ring (bicyclic) bond motifs is 1. The first-order valence-electron chi connectivity index (χ1n) is 15.3. The highest BCUT2D eigenvalue weighted by atomic mass is 35.5. The molecule has 258 valence electrons. The number of aromatic hydroxyl groups is 1. The van der Waals surface area contributed by atoms with Crippen LogP contribution >= 0.6 is 11.6 Å². The standard InChI is InChI=1S/C31H31ClF3N9O5/c1-3-21-26(41-6-8-42(9-7-41)30(49)25-27(47)16(2)37-15-38-25)28(48)24-29(36-11-22(40-24)43-12-18(45)13-43)44(21)14-23(46)39-20-5-4-17(10-19(20)32)31(33,34)35/h4-5,10-11,15,18,45,47H,3,6-9,12-14H2,1-2H3,(H,39,46). The number of carbonyl (C=O) groups is 2. The highest BCUT2D eigenvalue weighted by Gasteiger charge is 2.33. The van der Waals surface area contributed by atoms with E-state index in [1.54, 1.807) is 28.2 Å². The number of alkyl halides is 3. The predicted molar refractivity (Wildman–Crippen MR) is 173 cm³/mol. The summed E-state index contributed by atoms with van der Waals surface area (Å²) in [5.74, 6) is -1.06. The summed E-state index contributed by atoms with van der Waals surface area (Å²) in [6.07, 6.45) is -2.23. The molecule has 49 heavy (non-hydrogen) atoms. The number of anilines is 3. The first-order chi connectivity index (χ1) is 23.3. The van der Waals surface area contributed by atoms with Crippen molar-refractivity contribution in [1.82, 2.24) is 29.4 Å². The molecule has 14 nitrogen and oxygen atoms in total. The number of hydrogen-bond acceptors (Lipinski definition) is 11. The molecule has 5 heterocycles. The lowest BCUT2D eigenvalue weighted by atomic mass is 10.1. The second-order valence-electron chi connectivity index (χ2n) is 11.7. The van der Waals surface area contributed by atoms with Crippen molar-refractivity contribution >= 4 is 51.8 Å². The Morgan fingerprint density at radius 1 is 1.08 bits per heavy atom. The van der Waals surface area contributed by atoms with Crippen LogP contribution in [0.4, 0.5) is 30.4 Å². The van der Waals surface area contributed by atoms with Crippen LogP contribution in [-0.4, -0.2) is 96.8 Å². The Balaban J connectivity index is 1.34. The molecule has 0 aliphatic carbocycles. The van der Waals surface area contributed by atoms with Crippen molar-refractivity contribution < 1.29 is 33.0 Å². The van der Waals surface area contributed by atoms with Gasteiger partial charge in [-0.05, 0) is 31.5 Å². The van der Waals surface area contributed by atoms with E-state index in [1.165, 1.54) is 17.4 Å². The van der Waals surface area contributed by atoms with Crippen molar-refractivity contribution in [3.63, 3.8) is 0 Å². The molecule has 0 radical (unpaired) electrons. The summed E-state index contributed by atoms with van der Waals surface area (Å²) in [7, 11) is 0. The van der Waals surface area contributed by atoms with Crippen LogP contribution in [0, 0.1) is 6.92 Å². The summed E-state index contributed by atoms with van der Waals surface area (Å²) in [6.45, 7) is 4.41. The van der Waals surface area contributed by atoms with Gasteiger partial charge < -0.3 is 34.8 Å². The van der Waals surface area contributed by atoms with Crippen molar-refractivity contribution in [1.29, 1.82) is 0 Å². The number of amides is 2. The fourth-order valence-corrected chi connectivity index (χ4v) is 6.13. The van der Waals surface area contributed by atoms with Crippen LogP contribution in [0.25, 0.3) is 11.2 Å². The largest absolute Gasteiger partial charge is 0.504 e. The number of rotatable bonds is 7. The molecule has 2 aliphatic heterocycles. The zero-order valence-electron chi connectivity index (χ0n) is 26.3. The quantitative estimate of drug-likeness (QED) is 0.259. The second-order valence-corrected chi connectivity index (χ2v) is 12.1. The van der Waals surface area contributed by atoms with E-state index in [2.05, 4.69) is 25.3 Å². The Hall–Kier alpha value is -5.03. The number of nitrogens with one attached hydrogen (secondary N) is 1. The molecule has 2 saturated heterocycles. The summed E-state index contributed by atoms with van der Waals surface area (Å²) in [4.78, 5) is 62.8. The lowest BCUT2D eigenvalue weighted by Gasteiger charge is -2.37. The van der Waals surface area contributed by atoms with E-state index in [4.69, 9.17) is 11.6 Å². The number of aromatic nitrogens is 5. The number of nitrogens with zero attached hydrogens (tertiary/aromatic N) is 8. The fraction of sp³-hybridized carbons (Fsp3) is 0.387. The van der Waals surface area contributed by atoms with E-state index in [9.17, 15) is 37.8 Å².